The Morgan fingerprint density at radius 3 is 2.38 bits per heavy atom. The van der Waals surface area contributed by atoms with Crippen LogP contribution in [0.4, 0.5) is 10.1 Å². The number of sulfone groups is 1. The Morgan fingerprint density at radius 2 is 1.85 bits per heavy atom. The summed E-state index contributed by atoms with van der Waals surface area (Å²) >= 11 is 6.07. The number of quaternary nitrogens is 1. The first kappa shape index (κ1) is 20.2. The molecule has 26 heavy (non-hydrogen) atoms. The maximum atomic E-state index is 13.6. The van der Waals surface area contributed by atoms with Gasteiger partial charge in [0, 0.05) is 32.2 Å². The smallest absolute Gasteiger partial charge is 0.365 e. The number of carboxylic acids is 1. The third-order valence-electron chi connectivity index (χ3n) is 3.59. The Bertz CT molecular complexity index is 960. The van der Waals surface area contributed by atoms with Gasteiger partial charge in [0.2, 0.25) is 0 Å². The van der Waals surface area contributed by atoms with Gasteiger partial charge < -0.3 is 9.84 Å². The summed E-state index contributed by atoms with van der Waals surface area (Å²) in [7, 11) is -3.43. The molecule has 140 valence electrons. The molecule has 0 aliphatic carbocycles. The third kappa shape index (κ3) is 4.72. The van der Waals surface area contributed by atoms with Crippen LogP contribution in [0, 0.1) is 5.82 Å². The van der Waals surface area contributed by atoms with Crippen LogP contribution in [0.25, 0.3) is 0 Å². The van der Waals surface area contributed by atoms with E-state index in [2.05, 4.69) is 0 Å². The van der Waals surface area contributed by atoms with Gasteiger partial charge in [-0.05, 0) is 24.3 Å². The Morgan fingerprint density at radius 1 is 1.19 bits per heavy atom. The number of hydrogen-bond acceptors (Lipinski definition) is 4. The molecule has 2 rings (SSSR count). The molecule has 3 N–H and O–H groups in total. The number of benzene rings is 2. The fourth-order valence-corrected chi connectivity index (χ4v) is 3.01. The Kier molecular flexibility index (Phi) is 5.60. The molecule has 0 spiro atoms. The van der Waals surface area contributed by atoms with Gasteiger partial charge in [-0.15, -0.1) is 0 Å². The average molecular weight is 403 g/mol. The first-order valence-corrected chi connectivity index (χ1v) is 9.73. The van der Waals surface area contributed by atoms with E-state index < -0.39 is 27.2 Å². The second kappa shape index (κ2) is 7.22. The zero-order valence-electron chi connectivity index (χ0n) is 14.3. The summed E-state index contributed by atoms with van der Waals surface area (Å²) in [6, 6.07) is 7.59. The molecule has 0 saturated heterocycles. The predicted octanol–water partition coefficient (Wildman–Crippen LogP) is 2.73. The Balaban J connectivity index is 2.41. The van der Waals surface area contributed by atoms with Crippen molar-refractivity contribution in [1.82, 2.24) is 0 Å². The summed E-state index contributed by atoms with van der Waals surface area (Å²) in [5.74, 6) is -1.45. The number of rotatable bonds is 6. The monoisotopic (exact) mass is 402 g/mol. The van der Waals surface area contributed by atoms with Crippen LogP contribution in [-0.2, 0) is 14.6 Å². The molecule has 0 radical (unpaired) electrons. The Hall–Kier alpha value is -2.16. The van der Waals surface area contributed by atoms with E-state index in [1.807, 2.05) is 0 Å². The molecular weight excluding hydrogens is 385 g/mol. The summed E-state index contributed by atoms with van der Waals surface area (Å²) in [5.41, 5.74) is -0.845. The molecule has 0 heterocycles. The van der Waals surface area contributed by atoms with E-state index in [1.54, 1.807) is 0 Å². The lowest BCUT2D eigenvalue weighted by Crippen LogP contribution is -2.92. The lowest BCUT2D eigenvalue weighted by Gasteiger charge is -2.19. The quantitative estimate of drug-likeness (QED) is 0.724. The van der Waals surface area contributed by atoms with Crippen molar-refractivity contribution in [3.05, 3.63) is 47.2 Å². The van der Waals surface area contributed by atoms with Crippen molar-refractivity contribution < 1.29 is 32.8 Å². The van der Waals surface area contributed by atoms with Crippen molar-refractivity contribution in [3.8, 4) is 11.5 Å². The molecule has 0 bridgehead atoms. The number of nitrogens with two attached hydrogens (primary N) is 1. The first-order chi connectivity index (χ1) is 11.9. The summed E-state index contributed by atoms with van der Waals surface area (Å²) in [4.78, 5) is 11.3. The van der Waals surface area contributed by atoms with Crippen LogP contribution in [0.5, 0.6) is 11.5 Å². The number of aliphatic carboxylic acids is 1. The lowest BCUT2D eigenvalue weighted by molar-refractivity contribution is -0.632. The van der Waals surface area contributed by atoms with Crippen molar-refractivity contribution in [2.75, 3.05) is 6.26 Å². The van der Waals surface area contributed by atoms with E-state index in [0.29, 0.717) is 5.69 Å². The zero-order valence-corrected chi connectivity index (χ0v) is 15.9. The van der Waals surface area contributed by atoms with E-state index >= 15 is 0 Å². The van der Waals surface area contributed by atoms with Gasteiger partial charge >= 0.3 is 5.97 Å². The van der Waals surface area contributed by atoms with E-state index in [4.69, 9.17) is 16.3 Å². The van der Waals surface area contributed by atoms with Crippen LogP contribution in [0.3, 0.4) is 0 Å². The Labute approximate surface area is 155 Å². The highest BCUT2D eigenvalue weighted by atomic mass is 35.5. The molecule has 0 aromatic heterocycles. The van der Waals surface area contributed by atoms with E-state index in [0.717, 1.165) is 12.3 Å². The highest BCUT2D eigenvalue weighted by molar-refractivity contribution is 7.90. The largest absolute Gasteiger partial charge is 0.477 e. The number of halogens is 2. The van der Waals surface area contributed by atoms with Crippen LogP contribution >= 0.6 is 11.6 Å². The molecule has 0 fully saturated rings. The highest BCUT2D eigenvalue weighted by Gasteiger charge is 2.33. The number of carboxylic acid groups (broad SMARTS) is 1. The average Bonchev–Trinajstić information content (AvgIpc) is 2.50. The van der Waals surface area contributed by atoms with Crippen molar-refractivity contribution in [3.63, 3.8) is 0 Å². The second-order valence-electron chi connectivity index (χ2n) is 6.32. The molecule has 9 heteroatoms. The van der Waals surface area contributed by atoms with Crippen LogP contribution in [0.1, 0.15) is 13.8 Å². The minimum Gasteiger partial charge on any atom is -0.477 e. The molecule has 0 unspecified atom stereocenters. The first-order valence-electron chi connectivity index (χ1n) is 7.46. The molecule has 0 aliphatic heterocycles. The van der Waals surface area contributed by atoms with E-state index in [9.17, 15) is 22.7 Å². The summed E-state index contributed by atoms with van der Waals surface area (Å²) in [5, 5.41) is 10.7. The molecule has 0 aliphatic rings. The van der Waals surface area contributed by atoms with Crippen molar-refractivity contribution in [2.24, 2.45) is 0 Å². The van der Waals surface area contributed by atoms with Gasteiger partial charge in [-0.25, -0.2) is 17.6 Å². The van der Waals surface area contributed by atoms with Gasteiger partial charge in [0.25, 0.3) is 0 Å². The lowest BCUT2D eigenvalue weighted by atomic mass is 10.1. The van der Waals surface area contributed by atoms with Crippen LogP contribution < -0.4 is 10.1 Å². The summed E-state index contributed by atoms with van der Waals surface area (Å²) in [6.45, 7) is 2.99. The minimum atomic E-state index is -3.43. The normalized spacial score (nSPS) is 12.0. The maximum Gasteiger partial charge on any atom is 0.365 e. The summed E-state index contributed by atoms with van der Waals surface area (Å²) in [6.07, 6.45) is 1.05. The fraction of sp³-hybridized carbons (Fsp3) is 0.235. The molecule has 0 saturated carbocycles. The van der Waals surface area contributed by atoms with Gasteiger partial charge in [0.15, 0.2) is 26.8 Å². The van der Waals surface area contributed by atoms with Gasteiger partial charge in [0.1, 0.15) is 11.6 Å². The molecule has 2 aromatic rings. The van der Waals surface area contributed by atoms with Crippen molar-refractivity contribution in [1.29, 1.82) is 0 Å². The van der Waals surface area contributed by atoms with E-state index in [1.165, 1.54) is 49.5 Å². The standard InChI is InChI=1S/C17H17ClFNO5S/c1-17(2,16(21)22)20-13-6-4-10(19)8-15(13)25-14-7-5-11(9-12(14)18)26(3,23)24/h4-9,20H,1-3H3,(H,21,22)/p+1. The predicted molar refractivity (Wildman–Crippen MR) is 94.3 cm³/mol. The van der Waals surface area contributed by atoms with Crippen LogP contribution in [0.15, 0.2) is 41.3 Å². The second-order valence-corrected chi connectivity index (χ2v) is 8.74. The van der Waals surface area contributed by atoms with Gasteiger partial charge in [-0.3, -0.25) is 5.32 Å². The molecule has 2 aromatic carbocycles. The van der Waals surface area contributed by atoms with Crippen LogP contribution in [0.2, 0.25) is 5.02 Å². The summed E-state index contributed by atoms with van der Waals surface area (Å²) < 4.78 is 42.4. The van der Waals surface area contributed by atoms with Crippen molar-refractivity contribution in [2.45, 2.75) is 24.3 Å². The molecule has 0 atom stereocenters. The number of ether oxygens (including phenoxy) is 1. The van der Waals surface area contributed by atoms with Crippen molar-refractivity contribution >= 4 is 33.1 Å². The highest BCUT2D eigenvalue weighted by Crippen LogP contribution is 2.34. The molecular formula is C17H18ClFNO5S+. The molecule has 0 amide bonds. The van der Waals surface area contributed by atoms with E-state index in [-0.39, 0.29) is 21.4 Å². The zero-order chi connectivity index (χ0) is 19.7. The van der Waals surface area contributed by atoms with Crippen LogP contribution in [-0.4, -0.2) is 31.3 Å². The SMILES string of the molecule is CC(C)([NH2+]c1ccc(F)cc1Oc1ccc(S(C)(=O)=O)cc1Cl)C(=O)O. The van der Waals surface area contributed by atoms with Gasteiger partial charge in [-0.2, -0.15) is 0 Å². The maximum absolute atomic E-state index is 13.6. The van der Waals surface area contributed by atoms with Gasteiger partial charge in [-0.1, -0.05) is 11.6 Å². The van der Waals surface area contributed by atoms with Gasteiger partial charge in [0.05, 0.1) is 9.92 Å². The number of hydrogen-bond donors (Lipinski definition) is 2. The molecule has 6 nitrogen and oxygen atoms in total. The fourth-order valence-electron chi connectivity index (χ4n) is 2.08. The topological polar surface area (TPSA) is 97.3 Å². The third-order valence-corrected chi connectivity index (χ3v) is 5.00. The minimum absolute atomic E-state index is 0.0212. The number of carbonyl (C=O) groups is 1.